The molecular formula is C14H26N2O2. The van der Waals surface area contributed by atoms with E-state index in [4.69, 9.17) is 5.11 Å². The van der Waals surface area contributed by atoms with Gasteiger partial charge in [-0.05, 0) is 64.7 Å². The number of nitrogens with zero attached hydrogens (tertiary/aromatic N) is 2. The number of carboxylic acids is 1. The molecule has 4 nitrogen and oxygen atoms in total. The first-order valence-corrected chi connectivity index (χ1v) is 7.29. The van der Waals surface area contributed by atoms with Gasteiger partial charge in [-0.3, -0.25) is 4.79 Å². The number of aliphatic carboxylic acids is 1. The fraction of sp³-hybridized carbons (Fsp3) is 0.929. The third-order valence-corrected chi connectivity index (χ3v) is 4.45. The van der Waals surface area contributed by atoms with Crippen LogP contribution < -0.4 is 0 Å². The summed E-state index contributed by atoms with van der Waals surface area (Å²) in [4.78, 5) is 15.8. The third-order valence-electron chi connectivity index (χ3n) is 4.45. The van der Waals surface area contributed by atoms with Crippen molar-refractivity contribution in [2.45, 2.75) is 44.6 Å². The van der Waals surface area contributed by atoms with Crippen LogP contribution in [0.1, 0.15) is 38.5 Å². The molecule has 0 aromatic carbocycles. The fourth-order valence-corrected chi connectivity index (χ4v) is 3.43. The zero-order valence-electron chi connectivity index (χ0n) is 11.5. The molecule has 2 unspecified atom stereocenters. The van der Waals surface area contributed by atoms with Crippen molar-refractivity contribution in [1.29, 1.82) is 0 Å². The zero-order valence-corrected chi connectivity index (χ0v) is 11.5. The van der Waals surface area contributed by atoms with E-state index in [9.17, 15) is 4.79 Å². The highest BCUT2D eigenvalue weighted by Gasteiger charge is 2.27. The molecule has 2 heterocycles. The minimum absolute atomic E-state index is 0.350. The standard InChI is InChI=1S/C14H26N2O2/c1-15-7-3-5-13(6-9-15)16-8-2-4-12(11-16)10-14(17)18/h12-13H,2-11H2,1H3,(H,17,18). The average molecular weight is 254 g/mol. The fourth-order valence-electron chi connectivity index (χ4n) is 3.43. The Labute approximate surface area is 110 Å². The number of piperidine rings is 1. The lowest BCUT2D eigenvalue weighted by Gasteiger charge is -2.37. The molecule has 0 radical (unpaired) electrons. The molecule has 2 rings (SSSR count). The summed E-state index contributed by atoms with van der Waals surface area (Å²) >= 11 is 0. The van der Waals surface area contributed by atoms with E-state index in [-0.39, 0.29) is 0 Å². The Balaban J connectivity index is 1.85. The van der Waals surface area contributed by atoms with Crippen LogP contribution in [0, 0.1) is 5.92 Å². The highest BCUT2D eigenvalue weighted by Crippen LogP contribution is 2.25. The van der Waals surface area contributed by atoms with Crippen molar-refractivity contribution >= 4 is 5.97 Å². The zero-order chi connectivity index (χ0) is 13.0. The van der Waals surface area contributed by atoms with E-state index in [1.807, 2.05) is 0 Å². The molecule has 4 heteroatoms. The summed E-state index contributed by atoms with van der Waals surface area (Å²) < 4.78 is 0. The Morgan fingerprint density at radius 3 is 2.72 bits per heavy atom. The van der Waals surface area contributed by atoms with Crippen molar-refractivity contribution < 1.29 is 9.90 Å². The largest absolute Gasteiger partial charge is 0.481 e. The van der Waals surface area contributed by atoms with Gasteiger partial charge in [-0.1, -0.05) is 0 Å². The Hall–Kier alpha value is -0.610. The average Bonchev–Trinajstić information content (AvgIpc) is 2.53. The summed E-state index contributed by atoms with van der Waals surface area (Å²) in [6, 6.07) is 0.687. The monoisotopic (exact) mass is 254 g/mol. The molecule has 0 spiro atoms. The molecule has 104 valence electrons. The van der Waals surface area contributed by atoms with Crippen LogP contribution in [0.4, 0.5) is 0 Å². The van der Waals surface area contributed by atoms with Gasteiger partial charge in [0.25, 0.3) is 0 Å². The van der Waals surface area contributed by atoms with Crippen molar-refractivity contribution in [2.24, 2.45) is 5.92 Å². The predicted octanol–water partition coefficient (Wildman–Crippen LogP) is 1.66. The third kappa shape index (κ3) is 3.95. The van der Waals surface area contributed by atoms with Crippen LogP contribution >= 0.6 is 0 Å². The second-order valence-corrected chi connectivity index (χ2v) is 5.99. The minimum atomic E-state index is -0.637. The normalized spacial score (nSPS) is 32.1. The topological polar surface area (TPSA) is 43.8 Å². The smallest absolute Gasteiger partial charge is 0.303 e. The van der Waals surface area contributed by atoms with E-state index < -0.39 is 5.97 Å². The Morgan fingerprint density at radius 2 is 1.94 bits per heavy atom. The van der Waals surface area contributed by atoms with E-state index in [1.165, 1.54) is 45.3 Å². The van der Waals surface area contributed by atoms with Crippen LogP contribution in [0.5, 0.6) is 0 Å². The molecule has 2 atom stereocenters. The Morgan fingerprint density at radius 1 is 1.17 bits per heavy atom. The maximum atomic E-state index is 10.8. The van der Waals surface area contributed by atoms with E-state index in [1.54, 1.807) is 0 Å². The molecule has 1 N–H and O–H groups in total. The molecule has 2 fully saturated rings. The molecular weight excluding hydrogens is 228 g/mol. The Bertz CT molecular complexity index is 283. The first kappa shape index (κ1) is 13.8. The lowest BCUT2D eigenvalue weighted by atomic mass is 9.92. The second kappa shape index (κ2) is 6.53. The summed E-state index contributed by atoms with van der Waals surface area (Å²) in [5, 5.41) is 8.92. The van der Waals surface area contributed by atoms with Gasteiger partial charge in [0.2, 0.25) is 0 Å². The van der Waals surface area contributed by atoms with Crippen molar-refractivity contribution in [3.63, 3.8) is 0 Å². The van der Waals surface area contributed by atoms with E-state index in [0.717, 1.165) is 13.0 Å². The van der Waals surface area contributed by atoms with Crippen molar-refractivity contribution in [3.8, 4) is 0 Å². The first-order valence-electron chi connectivity index (χ1n) is 7.29. The van der Waals surface area contributed by atoms with Crippen LogP contribution in [-0.2, 0) is 4.79 Å². The van der Waals surface area contributed by atoms with Gasteiger partial charge in [0, 0.05) is 19.0 Å². The maximum Gasteiger partial charge on any atom is 0.303 e. The maximum absolute atomic E-state index is 10.8. The molecule has 0 saturated carbocycles. The molecule has 2 aliphatic rings. The number of rotatable bonds is 3. The molecule has 2 aliphatic heterocycles. The van der Waals surface area contributed by atoms with Crippen molar-refractivity contribution in [2.75, 3.05) is 33.2 Å². The number of carbonyl (C=O) groups is 1. The quantitative estimate of drug-likeness (QED) is 0.832. The number of carboxylic acid groups (broad SMARTS) is 1. The van der Waals surface area contributed by atoms with Gasteiger partial charge >= 0.3 is 5.97 Å². The molecule has 2 saturated heterocycles. The van der Waals surface area contributed by atoms with Crippen LogP contribution in [0.15, 0.2) is 0 Å². The van der Waals surface area contributed by atoms with E-state index in [2.05, 4.69) is 16.8 Å². The van der Waals surface area contributed by atoms with Gasteiger partial charge in [0.05, 0.1) is 0 Å². The first-order chi connectivity index (χ1) is 8.65. The minimum Gasteiger partial charge on any atom is -0.481 e. The van der Waals surface area contributed by atoms with Gasteiger partial charge in [-0.15, -0.1) is 0 Å². The highest BCUT2D eigenvalue weighted by atomic mass is 16.4. The summed E-state index contributed by atoms with van der Waals surface area (Å²) in [6.07, 6.45) is 6.42. The van der Waals surface area contributed by atoms with Crippen molar-refractivity contribution in [3.05, 3.63) is 0 Å². The van der Waals surface area contributed by atoms with Crippen LogP contribution in [0.3, 0.4) is 0 Å². The molecule has 0 aromatic heterocycles. The van der Waals surface area contributed by atoms with E-state index >= 15 is 0 Å². The number of hydrogen-bond acceptors (Lipinski definition) is 3. The highest BCUT2D eigenvalue weighted by molar-refractivity contribution is 5.67. The van der Waals surface area contributed by atoms with E-state index in [0.29, 0.717) is 18.4 Å². The van der Waals surface area contributed by atoms with Crippen molar-refractivity contribution in [1.82, 2.24) is 9.80 Å². The SMILES string of the molecule is CN1CCCC(N2CCCC(CC(=O)O)C2)CC1. The molecule has 0 aliphatic carbocycles. The van der Waals surface area contributed by atoms with Crippen LogP contribution in [0.2, 0.25) is 0 Å². The molecule has 0 bridgehead atoms. The van der Waals surface area contributed by atoms with Gasteiger partial charge in [-0.2, -0.15) is 0 Å². The van der Waals surface area contributed by atoms with Crippen LogP contribution in [0.25, 0.3) is 0 Å². The second-order valence-electron chi connectivity index (χ2n) is 5.99. The lowest BCUT2D eigenvalue weighted by molar-refractivity contribution is -0.138. The summed E-state index contributed by atoms with van der Waals surface area (Å²) in [5.74, 6) is -0.264. The summed E-state index contributed by atoms with van der Waals surface area (Å²) in [6.45, 7) is 4.57. The summed E-state index contributed by atoms with van der Waals surface area (Å²) in [7, 11) is 2.20. The lowest BCUT2D eigenvalue weighted by Crippen LogP contribution is -2.43. The summed E-state index contributed by atoms with van der Waals surface area (Å²) in [5.41, 5.74) is 0. The van der Waals surface area contributed by atoms with Gasteiger partial charge in [0.1, 0.15) is 0 Å². The van der Waals surface area contributed by atoms with Gasteiger partial charge < -0.3 is 14.9 Å². The van der Waals surface area contributed by atoms with Crippen LogP contribution in [-0.4, -0.2) is 60.1 Å². The van der Waals surface area contributed by atoms with Gasteiger partial charge in [-0.25, -0.2) is 0 Å². The number of hydrogen-bond donors (Lipinski definition) is 1. The molecule has 18 heavy (non-hydrogen) atoms. The molecule has 0 amide bonds. The molecule has 0 aromatic rings. The predicted molar refractivity (Wildman–Crippen MR) is 71.7 cm³/mol. The van der Waals surface area contributed by atoms with Gasteiger partial charge in [0.15, 0.2) is 0 Å². The Kier molecular flexibility index (Phi) is 5.01. The number of likely N-dealkylation sites (tertiary alicyclic amines) is 2.